The predicted octanol–water partition coefficient (Wildman–Crippen LogP) is 4.37. The highest BCUT2D eigenvalue weighted by Gasteiger charge is 2.22. The average Bonchev–Trinajstić information content (AvgIpc) is 3.11. The van der Waals surface area contributed by atoms with Crippen LogP contribution in [0.1, 0.15) is 35.7 Å². The molecular formula is C18H17ClN4O3S2. The highest BCUT2D eigenvalue weighted by Crippen LogP contribution is 2.28. The average molecular weight is 437 g/mol. The van der Waals surface area contributed by atoms with E-state index in [2.05, 4.69) is 20.2 Å². The minimum absolute atomic E-state index is 0.0810. The van der Waals surface area contributed by atoms with Crippen LogP contribution in [-0.2, 0) is 10.0 Å². The minimum Gasteiger partial charge on any atom is -0.296 e. The number of benzene rings is 2. The lowest BCUT2D eigenvalue weighted by Gasteiger charge is -2.13. The Kier molecular flexibility index (Phi) is 5.97. The molecule has 28 heavy (non-hydrogen) atoms. The van der Waals surface area contributed by atoms with E-state index in [-0.39, 0.29) is 15.4 Å². The number of carbonyl (C=O) groups is 1. The van der Waals surface area contributed by atoms with Gasteiger partial charge in [0, 0.05) is 10.6 Å². The lowest BCUT2D eigenvalue weighted by molar-refractivity contribution is 0.102. The summed E-state index contributed by atoms with van der Waals surface area (Å²) >= 11 is 6.57. The van der Waals surface area contributed by atoms with Crippen molar-refractivity contribution in [3.8, 4) is 0 Å². The monoisotopic (exact) mass is 436 g/mol. The van der Waals surface area contributed by atoms with Crippen LogP contribution in [0.3, 0.4) is 0 Å². The number of sulfonamides is 1. The van der Waals surface area contributed by atoms with Gasteiger partial charge < -0.3 is 0 Å². The molecule has 2 N–H and O–H groups in total. The topological polar surface area (TPSA) is 101 Å². The minimum atomic E-state index is -3.93. The second-order valence-corrected chi connectivity index (χ2v) is 9.45. The van der Waals surface area contributed by atoms with Gasteiger partial charge in [-0.25, -0.2) is 0 Å². The van der Waals surface area contributed by atoms with Crippen LogP contribution in [0.5, 0.6) is 0 Å². The number of nitrogens with zero attached hydrogens (tertiary/aromatic N) is 2. The van der Waals surface area contributed by atoms with Crippen LogP contribution >= 0.6 is 22.9 Å². The van der Waals surface area contributed by atoms with Crippen molar-refractivity contribution in [3.63, 3.8) is 0 Å². The first-order valence-corrected chi connectivity index (χ1v) is 11.0. The Morgan fingerprint density at radius 1 is 1.07 bits per heavy atom. The molecule has 1 heterocycles. The molecule has 0 radical (unpaired) electrons. The zero-order valence-electron chi connectivity index (χ0n) is 15.0. The molecule has 146 valence electrons. The molecule has 0 atom stereocenters. The fraction of sp³-hybridized carbons (Fsp3) is 0.167. The number of rotatable bonds is 6. The van der Waals surface area contributed by atoms with Crippen molar-refractivity contribution in [2.24, 2.45) is 0 Å². The van der Waals surface area contributed by atoms with E-state index in [1.807, 2.05) is 26.0 Å². The van der Waals surface area contributed by atoms with Gasteiger partial charge in [0.15, 0.2) is 0 Å². The first-order valence-electron chi connectivity index (χ1n) is 8.28. The predicted molar refractivity (Wildman–Crippen MR) is 111 cm³/mol. The van der Waals surface area contributed by atoms with E-state index in [1.54, 1.807) is 36.4 Å². The van der Waals surface area contributed by atoms with Gasteiger partial charge in [-0.2, -0.15) is 8.42 Å². The van der Waals surface area contributed by atoms with Gasteiger partial charge in [-0.3, -0.25) is 14.8 Å². The number of nitrogens with one attached hydrogen (secondary N) is 2. The molecule has 1 aromatic heterocycles. The molecule has 0 spiro atoms. The number of para-hydroxylation sites is 1. The van der Waals surface area contributed by atoms with Gasteiger partial charge in [0.2, 0.25) is 5.13 Å². The van der Waals surface area contributed by atoms with Gasteiger partial charge in [0.25, 0.3) is 20.3 Å². The zero-order chi connectivity index (χ0) is 20.3. The van der Waals surface area contributed by atoms with Crippen LogP contribution in [-0.4, -0.2) is 24.5 Å². The number of carbonyl (C=O) groups excluding carboxylic acids is 1. The largest absolute Gasteiger partial charge is 0.296 e. The summed E-state index contributed by atoms with van der Waals surface area (Å²) in [5.41, 5.74) is 1.72. The fourth-order valence-corrected chi connectivity index (χ4v) is 4.53. The zero-order valence-corrected chi connectivity index (χ0v) is 17.4. The molecule has 0 aliphatic heterocycles. The van der Waals surface area contributed by atoms with Crippen molar-refractivity contribution in [1.82, 2.24) is 10.2 Å². The highest BCUT2D eigenvalue weighted by atomic mass is 35.5. The van der Waals surface area contributed by atoms with Crippen LogP contribution in [0, 0.1) is 0 Å². The number of amides is 1. The Labute approximate surface area is 171 Å². The van der Waals surface area contributed by atoms with E-state index in [9.17, 15) is 13.2 Å². The van der Waals surface area contributed by atoms with Crippen molar-refractivity contribution >= 4 is 49.7 Å². The third-order valence-corrected chi connectivity index (χ3v) is 6.61. The molecule has 0 saturated heterocycles. The Morgan fingerprint density at radius 2 is 1.75 bits per heavy atom. The number of hydrogen-bond donors (Lipinski definition) is 2. The lowest BCUT2D eigenvalue weighted by Crippen LogP contribution is -2.14. The van der Waals surface area contributed by atoms with Crippen molar-refractivity contribution in [1.29, 1.82) is 0 Å². The molecule has 10 heteroatoms. The fourth-order valence-electron chi connectivity index (χ4n) is 2.42. The summed E-state index contributed by atoms with van der Waals surface area (Å²) in [5, 5.41) is 10.6. The Morgan fingerprint density at radius 3 is 2.43 bits per heavy atom. The summed E-state index contributed by atoms with van der Waals surface area (Å²) in [6.07, 6.45) is 0. The van der Waals surface area contributed by atoms with Crippen molar-refractivity contribution in [2.45, 2.75) is 24.1 Å². The summed E-state index contributed by atoms with van der Waals surface area (Å²) in [4.78, 5) is 12.2. The SMILES string of the molecule is CC(C)c1ccccc1NS(=O)(=O)c1nnc(NC(=O)c2ccc(Cl)cc2)s1. The smallest absolute Gasteiger partial charge is 0.291 e. The van der Waals surface area contributed by atoms with Crippen molar-refractivity contribution < 1.29 is 13.2 Å². The normalized spacial score (nSPS) is 11.4. The summed E-state index contributed by atoms with van der Waals surface area (Å²) in [6, 6.07) is 13.4. The van der Waals surface area contributed by atoms with Gasteiger partial charge in [0.1, 0.15) is 0 Å². The molecule has 0 saturated carbocycles. The molecule has 3 rings (SSSR count). The summed E-state index contributed by atoms with van der Waals surface area (Å²) < 4.78 is 27.6. The van der Waals surface area contributed by atoms with Gasteiger partial charge in [-0.05, 0) is 41.8 Å². The molecule has 0 fully saturated rings. The van der Waals surface area contributed by atoms with Crippen LogP contribution < -0.4 is 10.0 Å². The molecule has 3 aromatic rings. The van der Waals surface area contributed by atoms with E-state index in [1.165, 1.54) is 0 Å². The first-order chi connectivity index (χ1) is 13.3. The maximum absolute atomic E-state index is 12.7. The summed E-state index contributed by atoms with van der Waals surface area (Å²) in [7, 11) is -3.93. The molecular weight excluding hydrogens is 420 g/mol. The quantitative estimate of drug-likeness (QED) is 0.559. The molecule has 1 amide bonds. The van der Waals surface area contributed by atoms with E-state index in [0.717, 1.165) is 16.9 Å². The molecule has 7 nitrogen and oxygen atoms in total. The summed E-state index contributed by atoms with van der Waals surface area (Å²) in [5.74, 6) is -0.294. The second-order valence-electron chi connectivity index (χ2n) is 6.18. The second kappa shape index (κ2) is 8.26. The maximum atomic E-state index is 12.7. The van der Waals surface area contributed by atoms with Gasteiger partial charge >= 0.3 is 0 Å². The molecule has 2 aromatic carbocycles. The maximum Gasteiger partial charge on any atom is 0.291 e. The number of anilines is 2. The standard InChI is InChI=1S/C18H17ClN4O3S2/c1-11(2)14-5-3-4-6-15(14)23-28(25,26)18-22-21-17(27-18)20-16(24)12-7-9-13(19)10-8-12/h3-11,23H,1-2H3,(H,20,21,24). The van der Waals surface area contributed by atoms with Crippen molar-refractivity contribution in [2.75, 3.05) is 10.0 Å². The summed E-state index contributed by atoms with van der Waals surface area (Å²) in [6.45, 7) is 3.95. The highest BCUT2D eigenvalue weighted by molar-refractivity contribution is 7.94. The van der Waals surface area contributed by atoms with Crippen LogP contribution in [0.15, 0.2) is 52.9 Å². The molecule has 0 bridgehead atoms. The number of aromatic nitrogens is 2. The Hall–Kier alpha value is -2.49. The number of halogens is 1. The lowest BCUT2D eigenvalue weighted by atomic mass is 10.0. The van der Waals surface area contributed by atoms with Gasteiger partial charge in [-0.1, -0.05) is 55.0 Å². The molecule has 0 aliphatic carbocycles. The van der Waals surface area contributed by atoms with Crippen LogP contribution in [0.25, 0.3) is 0 Å². The molecule has 0 aliphatic rings. The van der Waals surface area contributed by atoms with E-state index >= 15 is 0 Å². The van der Waals surface area contributed by atoms with Gasteiger partial charge in [-0.15, -0.1) is 10.2 Å². The third-order valence-electron chi connectivity index (χ3n) is 3.79. The van der Waals surface area contributed by atoms with Crippen molar-refractivity contribution in [3.05, 3.63) is 64.7 Å². The van der Waals surface area contributed by atoms with Crippen LogP contribution in [0.2, 0.25) is 5.02 Å². The van der Waals surface area contributed by atoms with Crippen LogP contribution in [0.4, 0.5) is 10.8 Å². The van der Waals surface area contributed by atoms with E-state index in [0.29, 0.717) is 16.3 Å². The number of hydrogen-bond acceptors (Lipinski definition) is 6. The van der Waals surface area contributed by atoms with Gasteiger partial charge in [0.05, 0.1) is 5.69 Å². The Balaban J connectivity index is 1.77. The van der Waals surface area contributed by atoms with E-state index < -0.39 is 15.9 Å². The Bertz CT molecular complexity index is 1100. The first kappa shape index (κ1) is 20.2. The van der Waals surface area contributed by atoms with E-state index in [4.69, 9.17) is 11.6 Å². The third kappa shape index (κ3) is 4.67. The molecule has 0 unspecified atom stereocenters.